The monoisotopic (exact) mass is 303 g/mol. The van der Waals surface area contributed by atoms with Gasteiger partial charge in [0.1, 0.15) is 0 Å². The summed E-state index contributed by atoms with van der Waals surface area (Å²) in [6, 6.07) is 5.25. The topological polar surface area (TPSA) is 32.3 Å². The lowest BCUT2D eigenvalue weighted by molar-refractivity contribution is 0.114. The Bertz CT molecular complexity index is 334. The highest BCUT2D eigenvalue weighted by Crippen LogP contribution is 2.28. The van der Waals surface area contributed by atoms with Crippen LogP contribution < -0.4 is 5.32 Å². The van der Waals surface area contributed by atoms with E-state index in [2.05, 4.69) is 40.3 Å². The Morgan fingerprint density at radius 2 is 2.06 bits per heavy atom. The molecule has 1 aliphatic carbocycles. The minimum atomic E-state index is -0.0655. The number of aliphatic hydroxyl groups is 1. The third-order valence-electron chi connectivity index (χ3n) is 3.20. The summed E-state index contributed by atoms with van der Waals surface area (Å²) in [6.07, 6.45) is 4.01. The van der Waals surface area contributed by atoms with Crippen LogP contribution in [-0.2, 0) is 0 Å². The molecule has 2 nitrogen and oxygen atoms in total. The van der Waals surface area contributed by atoms with E-state index < -0.39 is 0 Å². The van der Waals surface area contributed by atoms with Crippen LogP contribution in [0, 0.1) is 0 Å². The van der Waals surface area contributed by atoms with Crippen molar-refractivity contribution >= 4 is 27.3 Å². The van der Waals surface area contributed by atoms with E-state index >= 15 is 0 Å². The summed E-state index contributed by atoms with van der Waals surface area (Å²) < 4.78 is 1.19. The van der Waals surface area contributed by atoms with Crippen molar-refractivity contribution in [3.63, 3.8) is 0 Å². The number of hydrogen-bond donors (Lipinski definition) is 2. The molecule has 1 aliphatic rings. The minimum Gasteiger partial charge on any atom is -0.393 e. The molecule has 1 atom stereocenters. The molecule has 4 heteroatoms. The molecule has 1 aromatic rings. The molecule has 1 aromatic heterocycles. The van der Waals surface area contributed by atoms with Crippen LogP contribution in [0.2, 0.25) is 0 Å². The molecule has 90 valence electrons. The zero-order valence-corrected chi connectivity index (χ0v) is 11.9. The third-order valence-corrected chi connectivity index (χ3v) is 5.01. The van der Waals surface area contributed by atoms with Gasteiger partial charge in [0.2, 0.25) is 0 Å². The van der Waals surface area contributed by atoms with Gasteiger partial charge < -0.3 is 10.4 Å². The zero-order chi connectivity index (χ0) is 11.5. The first kappa shape index (κ1) is 12.6. The summed E-state index contributed by atoms with van der Waals surface area (Å²) in [5.74, 6) is 0. The van der Waals surface area contributed by atoms with Gasteiger partial charge in [-0.05, 0) is 60.7 Å². The minimum absolute atomic E-state index is 0.0655. The normalized spacial score (nSPS) is 27.9. The molecule has 0 spiro atoms. The lowest BCUT2D eigenvalue weighted by Crippen LogP contribution is -2.35. The van der Waals surface area contributed by atoms with Gasteiger partial charge in [-0.3, -0.25) is 0 Å². The van der Waals surface area contributed by atoms with E-state index in [1.165, 1.54) is 8.66 Å². The predicted molar refractivity (Wildman–Crippen MR) is 71.8 cm³/mol. The maximum Gasteiger partial charge on any atom is 0.0701 e. The highest BCUT2D eigenvalue weighted by atomic mass is 79.9. The molecule has 0 saturated heterocycles. The molecule has 1 fully saturated rings. The van der Waals surface area contributed by atoms with Crippen LogP contribution in [0.3, 0.4) is 0 Å². The van der Waals surface area contributed by atoms with Crippen molar-refractivity contribution in [2.45, 2.75) is 50.8 Å². The Balaban J connectivity index is 1.85. The molecule has 1 heterocycles. The molecule has 1 unspecified atom stereocenters. The van der Waals surface area contributed by atoms with Crippen molar-refractivity contribution in [3.05, 3.63) is 20.8 Å². The summed E-state index contributed by atoms with van der Waals surface area (Å²) in [6.45, 7) is 2.21. The third kappa shape index (κ3) is 3.29. The van der Waals surface area contributed by atoms with Crippen molar-refractivity contribution < 1.29 is 5.11 Å². The molecule has 2 rings (SSSR count). The van der Waals surface area contributed by atoms with Crippen molar-refractivity contribution in [3.8, 4) is 0 Å². The van der Waals surface area contributed by atoms with Crippen LogP contribution in [0.25, 0.3) is 0 Å². The summed E-state index contributed by atoms with van der Waals surface area (Å²) in [5.41, 5.74) is 0. The van der Waals surface area contributed by atoms with Gasteiger partial charge in [0.15, 0.2) is 0 Å². The van der Waals surface area contributed by atoms with E-state index in [4.69, 9.17) is 0 Å². The molecule has 1 saturated carbocycles. The maximum atomic E-state index is 9.45. The van der Waals surface area contributed by atoms with Crippen LogP contribution in [0.1, 0.15) is 43.5 Å². The van der Waals surface area contributed by atoms with Crippen LogP contribution in [0.4, 0.5) is 0 Å². The molecule has 0 amide bonds. The van der Waals surface area contributed by atoms with Crippen LogP contribution in [0.5, 0.6) is 0 Å². The van der Waals surface area contributed by atoms with Crippen molar-refractivity contribution in [1.82, 2.24) is 5.32 Å². The fourth-order valence-corrected chi connectivity index (χ4v) is 3.67. The number of thiophene rings is 1. The first-order chi connectivity index (χ1) is 7.65. The molecule has 16 heavy (non-hydrogen) atoms. The van der Waals surface area contributed by atoms with Gasteiger partial charge in [-0.1, -0.05) is 0 Å². The molecular formula is C12H18BrNOS. The molecule has 0 aromatic carbocycles. The summed E-state index contributed by atoms with van der Waals surface area (Å²) in [5, 5.41) is 13.1. The quantitative estimate of drug-likeness (QED) is 0.896. The highest BCUT2D eigenvalue weighted by Gasteiger charge is 2.21. The molecule has 2 N–H and O–H groups in total. The number of nitrogens with one attached hydrogen (secondary N) is 1. The van der Waals surface area contributed by atoms with E-state index in [0.717, 1.165) is 25.7 Å². The number of aliphatic hydroxyl groups excluding tert-OH is 1. The molecular weight excluding hydrogens is 286 g/mol. The average Bonchev–Trinajstić information content (AvgIpc) is 2.68. The van der Waals surface area contributed by atoms with Crippen LogP contribution in [-0.4, -0.2) is 17.3 Å². The predicted octanol–water partition coefficient (Wildman–Crippen LogP) is 3.46. The summed E-state index contributed by atoms with van der Waals surface area (Å²) in [4.78, 5) is 1.37. The second kappa shape index (κ2) is 5.63. The molecule has 0 radical (unpaired) electrons. The van der Waals surface area contributed by atoms with Gasteiger partial charge in [0.05, 0.1) is 9.89 Å². The van der Waals surface area contributed by atoms with Crippen molar-refractivity contribution in [2.24, 2.45) is 0 Å². The number of hydrogen-bond acceptors (Lipinski definition) is 3. The maximum absolute atomic E-state index is 9.45. The first-order valence-corrected chi connectivity index (χ1v) is 7.45. The van der Waals surface area contributed by atoms with E-state index in [1.54, 1.807) is 11.3 Å². The highest BCUT2D eigenvalue weighted by molar-refractivity contribution is 9.11. The first-order valence-electron chi connectivity index (χ1n) is 5.84. The second-order valence-electron chi connectivity index (χ2n) is 4.54. The fraction of sp³-hybridized carbons (Fsp3) is 0.667. The van der Waals surface area contributed by atoms with E-state index in [0.29, 0.717) is 12.1 Å². The lowest BCUT2D eigenvalue weighted by atomic mass is 9.92. The summed E-state index contributed by atoms with van der Waals surface area (Å²) in [7, 11) is 0. The SMILES string of the molecule is CC(NC1CCC(O)CC1)c1ccc(Br)s1. The lowest BCUT2D eigenvalue weighted by Gasteiger charge is -2.28. The second-order valence-corrected chi connectivity index (χ2v) is 7.03. The van der Waals surface area contributed by atoms with Gasteiger partial charge in [0, 0.05) is 17.0 Å². The largest absolute Gasteiger partial charge is 0.393 e. The Labute approximate surface area is 109 Å². The Kier molecular flexibility index (Phi) is 4.41. The van der Waals surface area contributed by atoms with Crippen molar-refractivity contribution in [2.75, 3.05) is 0 Å². The molecule has 0 bridgehead atoms. The molecule has 0 aliphatic heterocycles. The van der Waals surface area contributed by atoms with Crippen LogP contribution in [0.15, 0.2) is 15.9 Å². The fourth-order valence-electron chi connectivity index (χ4n) is 2.24. The van der Waals surface area contributed by atoms with Gasteiger partial charge >= 0.3 is 0 Å². The Morgan fingerprint density at radius 3 is 2.62 bits per heavy atom. The van der Waals surface area contributed by atoms with Gasteiger partial charge in [-0.25, -0.2) is 0 Å². The smallest absolute Gasteiger partial charge is 0.0701 e. The van der Waals surface area contributed by atoms with Gasteiger partial charge in [0.25, 0.3) is 0 Å². The van der Waals surface area contributed by atoms with E-state index in [1.807, 2.05) is 0 Å². The van der Waals surface area contributed by atoms with E-state index in [9.17, 15) is 5.11 Å². The van der Waals surface area contributed by atoms with E-state index in [-0.39, 0.29) is 6.10 Å². The summed E-state index contributed by atoms with van der Waals surface area (Å²) >= 11 is 5.28. The average molecular weight is 304 g/mol. The number of rotatable bonds is 3. The van der Waals surface area contributed by atoms with Gasteiger partial charge in [-0.15, -0.1) is 11.3 Å². The van der Waals surface area contributed by atoms with Crippen LogP contribution >= 0.6 is 27.3 Å². The Morgan fingerprint density at radius 1 is 1.38 bits per heavy atom. The zero-order valence-electron chi connectivity index (χ0n) is 9.45. The standard InChI is InChI=1S/C12H18BrNOS/c1-8(11-6-7-12(13)16-11)14-9-2-4-10(15)5-3-9/h6-10,14-15H,2-5H2,1H3. The Hall–Kier alpha value is 0.1000. The van der Waals surface area contributed by atoms with Gasteiger partial charge in [-0.2, -0.15) is 0 Å². The van der Waals surface area contributed by atoms with Crippen molar-refractivity contribution in [1.29, 1.82) is 0 Å². The number of halogens is 1.